The van der Waals surface area contributed by atoms with Gasteiger partial charge in [0.05, 0.1) is 7.11 Å². The van der Waals surface area contributed by atoms with Gasteiger partial charge in [-0.2, -0.15) is 0 Å². The molecule has 0 atom stereocenters. The first-order chi connectivity index (χ1) is 9.33. The molecule has 1 saturated carbocycles. The quantitative estimate of drug-likeness (QED) is 0.473. The van der Waals surface area contributed by atoms with E-state index in [1.165, 1.54) is 25.7 Å². The standard InChI is InChI=1S/C15H23N3O.HI/c1-16-15(18-13-8-4-5-9-13)17-11-12-7-3-6-10-14(12)19-2;/h3,6-7,10,13H,4-5,8-9,11H2,1-2H3,(H2,16,17,18);1H. The molecule has 5 heteroatoms. The van der Waals surface area contributed by atoms with Crippen LogP contribution < -0.4 is 15.4 Å². The first-order valence-corrected chi connectivity index (χ1v) is 6.92. The van der Waals surface area contributed by atoms with E-state index in [1.54, 1.807) is 7.11 Å². The molecular weight excluding hydrogens is 365 g/mol. The molecule has 0 saturated heterocycles. The lowest BCUT2D eigenvalue weighted by Crippen LogP contribution is -2.41. The smallest absolute Gasteiger partial charge is 0.191 e. The van der Waals surface area contributed by atoms with Crippen LogP contribution in [0.25, 0.3) is 0 Å². The van der Waals surface area contributed by atoms with Crippen LogP contribution in [-0.2, 0) is 6.54 Å². The first-order valence-electron chi connectivity index (χ1n) is 6.92. The Balaban J connectivity index is 0.00000200. The molecule has 1 aliphatic rings. The van der Waals surface area contributed by atoms with E-state index < -0.39 is 0 Å². The highest BCUT2D eigenvalue weighted by Gasteiger charge is 2.15. The predicted molar refractivity (Wildman–Crippen MR) is 94.0 cm³/mol. The summed E-state index contributed by atoms with van der Waals surface area (Å²) in [5.41, 5.74) is 1.14. The number of ether oxygens (including phenoxy) is 1. The second kappa shape index (κ2) is 9.05. The first kappa shape index (κ1) is 17.1. The van der Waals surface area contributed by atoms with Gasteiger partial charge in [-0.25, -0.2) is 0 Å². The minimum Gasteiger partial charge on any atom is -0.496 e. The van der Waals surface area contributed by atoms with Gasteiger partial charge in [0.2, 0.25) is 0 Å². The van der Waals surface area contributed by atoms with Crippen molar-refractivity contribution in [3.05, 3.63) is 29.8 Å². The molecule has 1 aromatic rings. The molecule has 1 aliphatic carbocycles. The van der Waals surface area contributed by atoms with Gasteiger partial charge in [0.15, 0.2) is 5.96 Å². The van der Waals surface area contributed by atoms with Gasteiger partial charge in [-0.1, -0.05) is 31.0 Å². The van der Waals surface area contributed by atoms with Crippen molar-refractivity contribution in [1.29, 1.82) is 0 Å². The Labute approximate surface area is 138 Å². The largest absolute Gasteiger partial charge is 0.496 e. The third-order valence-electron chi connectivity index (χ3n) is 3.56. The van der Waals surface area contributed by atoms with Crippen molar-refractivity contribution in [2.24, 2.45) is 4.99 Å². The molecule has 0 unspecified atom stereocenters. The van der Waals surface area contributed by atoms with Gasteiger partial charge in [-0.15, -0.1) is 24.0 Å². The van der Waals surface area contributed by atoms with E-state index in [-0.39, 0.29) is 24.0 Å². The summed E-state index contributed by atoms with van der Waals surface area (Å²) in [5.74, 6) is 1.78. The van der Waals surface area contributed by atoms with Crippen LogP contribution in [-0.4, -0.2) is 26.2 Å². The Bertz CT molecular complexity index is 431. The van der Waals surface area contributed by atoms with E-state index in [9.17, 15) is 0 Å². The summed E-state index contributed by atoms with van der Waals surface area (Å²) in [6.07, 6.45) is 5.13. The van der Waals surface area contributed by atoms with E-state index in [0.717, 1.165) is 23.8 Å². The molecule has 2 N–H and O–H groups in total. The number of aliphatic imine (C=N–C) groups is 1. The van der Waals surface area contributed by atoms with Gasteiger partial charge in [0, 0.05) is 25.2 Å². The molecule has 0 bridgehead atoms. The second-order valence-electron chi connectivity index (χ2n) is 4.86. The summed E-state index contributed by atoms with van der Waals surface area (Å²) in [6.45, 7) is 0.719. The molecule has 4 nitrogen and oxygen atoms in total. The summed E-state index contributed by atoms with van der Waals surface area (Å²) in [6, 6.07) is 8.61. The van der Waals surface area contributed by atoms with Gasteiger partial charge >= 0.3 is 0 Å². The topological polar surface area (TPSA) is 45.7 Å². The lowest BCUT2D eigenvalue weighted by molar-refractivity contribution is 0.409. The molecule has 2 rings (SSSR count). The number of halogens is 1. The minimum absolute atomic E-state index is 0. The Hall–Kier alpha value is -0.980. The highest BCUT2D eigenvalue weighted by molar-refractivity contribution is 14.0. The van der Waals surface area contributed by atoms with Crippen LogP contribution in [0, 0.1) is 0 Å². The van der Waals surface area contributed by atoms with Crippen molar-refractivity contribution < 1.29 is 4.74 Å². The average Bonchev–Trinajstić information content (AvgIpc) is 2.96. The summed E-state index contributed by atoms with van der Waals surface area (Å²) in [7, 11) is 3.51. The molecule has 1 fully saturated rings. The third kappa shape index (κ3) is 4.85. The van der Waals surface area contributed by atoms with Crippen LogP contribution in [0.5, 0.6) is 5.75 Å². The van der Waals surface area contributed by atoms with E-state index >= 15 is 0 Å². The molecule has 1 aromatic carbocycles. The number of benzene rings is 1. The van der Waals surface area contributed by atoms with E-state index in [0.29, 0.717) is 6.04 Å². The number of hydrogen-bond acceptors (Lipinski definition) is 2. The zero-order valence-corrected chi connectivity index (χ0v) is 14.5. The molecule has 0 spiro atoms. The average molecular weight is 389 g/mol. The van der Waals surface area contributed by atoms with Gasteiger partial charge in [0.25, 0.3) is 0 Å². The third-order valence-corrected chi connectivity index (χ3v) is 3.56. The minimum atomic E-state index is 0. The summed E-state index contributed by atoms with van der Waals surface area (Å²) < 4.78 is 5.34. The lowest BCUT2D eigenvalue weighted by Gasteiger charge is -2.17. The zero-order valence-electron chi connectivity index (χ0n) is 12.2. The Morgan fingerprint density at radius 1 is 1.30 bits per heavy atom. The van der Waals surface area contributed by atoms with Crippen LogP contribution in [0.2, 0.25) is 0 Å². The number of rotatable bonds is 4. The maximum atomic E-state index is 5.34. The highest BCUT2D eigenvalue weighted by atomic mass is 127. The summed E-state index contributed by atoms with van der Waals surface area (Å²) in [5, 5.41) is 6.82. The molecule has 0 amide bonds. The number of methoxy groups -OCH3 is 1. The number of nitrogens with zero attached hydrogens (tertiary/aromatic N) is 1. The maximum absolute atomic E-state index is 5.34. The number of guanidine groups is 1. The molecule has 0 aliphatic heterocycles. The fourth-order valence-corrected chi connectivity index (χ4v) is 2.49. The number of hydrogen-bond donors (Lipinski definition) is 2. The predicted octanol–water partition coefficient (Wildman–Crippen LogP) is 2.92. The normalized spacial score (nSPS) is 15.6. The summed E-state index contributed by atoms with van der Waals surface area (Å²) >= 11 is 0. The molecule has 0 aromatic heterocycles. The van der Waals surface area contributed by atoms with Crippen molar-refractivity contribution in [3.8, 4) is 5.75 Å². The van der Waals surface area contributed by atoms with Crippen molar-refractivity contribution in [1.82, 2.24) is 10.6 Å². The SMILES string of the molecule is CN=C(NCc1ccccc1OC)NC1CCCC1.I. The van der Waals surface area contributed by atoms with Crippen molar-refractivity contribution in [2.45, 2.75) is 38.3 Å². The molecule has 0 radical (unpaired) electrons. The van der Waals surface area contributed by atoms with Gasteiger partial charge in [-0.05, 0) is 18.9 Å². The van der Waals surface area contributed by atoms with Crippen LogP contribution in [0.15, 0.2) is 29.3 Å². The van der Waals surface area contributed by atoms with Crippen LogP contribution in [0.3, 0.4) is 0 Å². The van der Waals surface area contributed by atoms with Crippen LogP contribution >= 0.6 is 24.0 Å². The van der Waals surface area contributed by atoms with Crippen LogP contribution in [0.1, 0.15) is 31.2 Å². The zero-order chi connectivity index (χ0) is 13.5. The maximum Gasteiger partial charge on any atom is 0.191 e. The highest BCUT2D eigenvalue weighted by Crippen LogP contribution is 2.18. The molecular formula is C15H24IN3O. The Kier molecular flexibility index (Phi) is 7.72. The Morgan fingerprint density at radius 3 is 2.65 bits per heavy atom. The molecule has 112 valence electrons. The number of nitrogens with one attached hydrogen (secondary N) is 2. The van der Waals surface area contributed by atoms with E-state index in [4.69, 9.17) is 4.74 Å². The molecule has 0 heterocycles. The van der Waals surface area contributed by atoms with E-state index in [1.807, 2.05) is 25.2 Å². The lowest BCUT2D eigenvalue weighted by atomic mass is 10.2. The van der Waals surface area contributed by atoms with Gasteiger partial charge < -0.3 is 15.4 Å². The van der Waals surface area contributed by atoms with Gasteiger partial charge in [0.1, 0.15) is 5.75 Å². The van der Waals surface area contributed by atoms with Crippen molar-refractivity contribution in [2.75, 3.05) is 14.2 Å². The monoisotopic (exact) mass is 389 g/mol. The fraction of sp³-hybridized carbons (Fsp3) is 0.533. The van der Waals surface area contributed by atoms with Crippen LogP contribution in [0.4, 0.5) is 0 Å². The number of para-hydroxylation sites is 1. The fourth-order valence-electron chi connectivity index (χ4n) is 2.49. The van der Waals surface area contributed by atoms with Crippen molar-refractivity contribution in [3.63, 3.8) is 0 Å². The summed E-state index contributed by atoms with van der Waals surface area (Å²) in [4.78, 5) is 4.28. The Morgan fingerprint density at radius 2 is 2.00 bits per heavy atom. The van der Waals surface area contributed by atoms with E-state index in [2.05, 4.69) is 21.7 Å². The van der Waals surface area contributed by atoms with Crippen molar-refractivity contribution >= 4 is 29.9 Å². The molecule has 20 heavy (non-hydrogen) atoms. The van der Waals surface area contributed by atoms with Gasteiger partial charge in [-0.3, -0.25) is 4.99 Å². The second-order valence-corrected chi connectivity index (χ2v) is 4.86.